The molecule has 1 fully saturated rings. The van der Waals surface area contributed by atoms with Crippen molar-refractivity contribution >= 4 is 27.1 Å². The Morgan fingerprint density at radius 1 is 1.50 bits per heavy atom. The van der Waals surface area contributed by atoms with Crippen molar-refractivity contribution in [1.82, 2.24) is 9.78 Å². The van der Waals surface area contributed by atoms with E-state index in [9.17, 15) is 13.2 Å². The fourth-order valence-corrected chi connectivity index (χ4v) is 4.78. The maximum atomic E-state index is 11.6. The Bertz CT molecular complexity index is 747. The zero-order chi connectivity index (χ0) is 14.3. The molecule has 8 heteroatoms. The number of rotatable bonds is 3. The van der Waals surface area contributed by atoms with Crippen LogP contribution in [0.3, 0.4) is 0 Å². The lowest BCUT2D eigenvalue weighted by Crippen LogP contribution is -2.14. The summed E-state index contributed by atoms with van der Waals surface area (Å²) >= 11 is 1.47. The van der Waals surface area contributed by atoms with Crippen molar-refractivity contribution in [3.8, 4) is 10.6 Å². The van der Waals surface area contributed by atoms with Crippen molar-refractivity contribution in [2.75, 3.05) is 11.5 Å². The fraction of sp³-hybridized carbons (Fsp3) is 0.333. The van der Waals surface area contributed by atoms with Crippen LogP contribution in [0.25, 0.3) is 10.6 Å². The predicted molar refractivity (Wildman–Crippen MR) is 74.8 cm³/mol. The molecule has 1 aliphatic heterocycles. The highest BCUT2D eigenvalue weighted by Crippen LogP contribution is 2.32. The third-order valence-corrected chi connectivity index (χ3v) is 5.93. The molecule has 20 heavy (non-hydrogen) atoms. The number of aromatic nitrogens is 2. The highest BCUT2D eigenvalue weighted by atomic mass is 32.2. The molecule has 6 nitrogen and oxygen atoms in total. The number of thiophene rings is 1. The van der Waals surface area contributed by atoms with Crippen LogP contribution in [-0.4, -0.2) is 40.8 Å². The molecular formula is C12H12N2O4S2. The fourth-order valence-electron chi connectivity index (χ4n) is 2.35. The van der Waals surface area contributed by atoms with E-state index in [1.807, 2.05) is 17.5 Å². The highest BCUT2D eigenvalue weighted by molar-refractivity contribution is 7.91. The lowest BCUT2D eigenvalue weighted by atomic mass is 10.2. The Kier molecular flexibility index (Phi) is 3.14. The molecule has 2 aromatic rings. The van der Waals surface area contributed by atoms with Crippen LogP contribution in [0.5, 0.6) is 0 Å². The van der Waals surface area contributed by atoms with Gasteiger partial charge in [0.1, 0.15) is 0 Å². The van der Waals surface area contributed by atoms with E-state index in [0.29, 0.717) is 12.1 Å². The molecule has 1 saturated heterocycles. The van der Waals surface area contributed by atoms with E-state index >= 15 is 0 Å². The second-order valence-electron chi connectivity index (χ2n) is 4.70. The Morgan fingerprint density at radius 3 is 2.85 bits per heavy atom. The lowest BCUT2D eigenvalue weighted by molar-refractivity contribution is 0.0689. The largest absolute Gasteiger partial charge is 0.476 e. The minimum Gasteiger partial charge on any atom is -0.476 e. The molecule has 2 aromatic heterocycles. The number of hydrogen-bond donors (Lipinski definition) is 1. The smallest absolute Gasteiger partial charge is 0.356 e. The van der Waals surface area contributed by atoms with Crippen LogP contribution in [-0.2, 0) is 9.84 Å². The lowest BCUT2D eigenvalue weighted by Gasteiger charge is -2.11. The van der Waals surface area contributed by atoms with Crippen LogP contribution in [0.2, 0.25) is 0 Å². The van der Waals surface area contributed by atoms with Crippen molar-refractivity contribution in [2.45, 2.75) is 12.5 Å². The summed E-state index contributed by atoms with van der Waals surface area (Å²) in [5, 5.41) is 15.0. The first-order chi connectivity index (χ1) is 9.46. The van der Waals surface area contributed by atoms with Gasteiger partial charge >= 0.3 is 5.97 Å². The quantitative estimate of drug-likeness (QED) is 0.931. The zero-order valence-corrected chi connectivity index (χ0v) is 12.0. The summed E-state index contributed by atoms with van der Waals surface area (Å²) in [7, 11) is -3.05. The molecule has 0 amide bonds. The van der Waals surface area contributed by atoms with Crippen LogP contribution in [0.15, 0.2) is 23.6 Å². The van der Waals surface area contributed by atoms with Gasteiger partial charge in [0.15, 0.2) is 15.5 Å². The SMILES string of the molecule is O=C(O)c1cc(-c2cccs2)n([C@H]2CCS(=O)(=O)C2)n1. The van der Waals surface area contributed by atoms with Gasteiger partial charge in [-0.05, 0) is 23.9 Å². The normalized spacial score (nSPS) is 21.1. The summed E-state index contributed by atoms with van der Waals surface area (Å²) < 4.78 is 24.8. The summed E-state index contributed by atoms with van der Waals surface area (Å²) in [6, 6.07) is 4.94. The van der Waals surface area contributed by atoms with E-state index in [2.05, 4.69) is 5.10 Å². The zero-order valence-electron chi connectivity index (χ0n) is 10.4. The van der Waals surface area contributed by atoms with Crippen molar-refractivity contribution in [3.63, 3.8) is 0 Å². The minimum atomic E-state index is -3.05. The van der Waals surface area contributed by atoms with Gasteiger partial charge in [0.25, 0.3) is 0 Å². The summed E-state index contributed by atoms with van der Waals surface area (Å²) in [5.74, 6) is -0.960. The van der Waals surface area contributed by atoms with Crippen molar-refractivity contribution in [3.05, 3.63) is 29.3 Å². The third-order valence-electron chi connectivity index (χ3n) is 3.28. The number of nitrogens with zero attached hydrogens (tertiary/aromatic N) is 2. The summed E-state index contributed by atoms with van der Waals surface area (Å²) in [6.07, 6.45) is 0.474. The van der Waals surface area contributed by atoms with E-state index < -0.39 is 15.8 Å². The van der Waals surface area contributed by atoms with E-state index in [4.69, 9.17) is 5.11 Å². The standard InChI is InChI=1S/C12H12N2O4S2/c15-12(16)9-6-10(11-2-1-4-19-11)14(13-9)8-3-5-20(17,18)7-8/h1-2,4,6,8H,3,5,7H2,(H,15,16)/t8-/m0/s1. The Labute approximate surface area is 119 Å². The first-order valence-corrected chi connectivity index (χ1v) is 8.73. The molecular weight excluding hydrogens is 300 g/mol. The molecule has 0 unspecified atom stereocenters. The van der Waals surface area contributed by atoms with Gasteiger partial charge in [-0.3, -0.25) is 4.68 Å². The Balaban J connectivity index is 2.07. The van der Waals surface area contributed by atoms with Crippen LogP contribution in [0.1, 0.15) is 23.0 Å². The van der Waals surface area contributed by atoms with Gasteiger partial charge in [-0.2, -0.15) is 5.10 Å². The highest BCUT2D eigenvalue weighted by Gasteiger charge is 2.32. The number of sulfone groups is 1. The van der Waals surface area contributed by atoms with Gasteiger partial charge in [0.05, 0.1) is 28.1 Å². The average molecular weight is 312 g/mol. The van der Waals surface area contributed by atoms with Gasteiger partial charge in [-0.15, -0.1) is 11.3 Å². The van der Waals surface area contributed by atoms with Crippen LogP contribution in [0, 0.1) is 0 Å². The second kappa shape index (κ2) is 4.71. The molecule has 0 bridgehead atoms. The Hall–Kier alpha value is -1.67. The third kappa shape index (κ3) is 2.36. The van der Waals surface area contributed by atoms with Crippen LogP contribution < -0.4 is 0 Å². The second-order valence-corrected chi connectivity index (χ2v) is 7.88. The van der Waals surface area contributed by atoms with Crippen molar-refractivity contribution in [1.29, 1.82) is 0 Å². The monoisotopic (exact) mass is 312 g/mol. The molecule has 0 saturated carbocycles. The van der Waals surface area contributed by atoms with Gasteiger partial charge in [-0.1, -0.05) is 6.07 Å². The number of carboxylic acid groups (broad SMARTS) is 1. The molecule has 1 aliphatic rings. The maximum absolute atomic E-state index is 11.6. The van der Waals surface area contributed by atoms with E-state index in [0.717, 1.165) is 4.88 Å². The number of carboxylic acids is 1. The molecule has 0 spiro atoms. The number of aromatic carboxylic acids is 1. The Morgan fingerprint density at radius 2 is 2.30 bits per heavy atom. The van der Waals surface area contributed by atoms with E-state index in [1.165, 1.54) is 17.4 Å². The predicted octanol–water partition coefficient (Wildman–Crippen LogP) is 1.67. The first-order valence-electron chi connectivity index (χ1n) is 6.03. The summed E-state index contributed by atoms with van der Waals surface area (Å²) in [4.78, 5) is 12.0. The minimum absolute atomic E-state index is 0.0200. The number of hydrogen-bond acceptors (Lipinski definition) is 5. The number of carbonyl (C=O) groups is 1. The van der Waals surface area contributed by atoms with Crippen LogP contribution >= 0.6 is 11.3 Å². The maximum Gasteiger partial charge on any atom is 0.356 e. The van der Waals surface area contributed by atoms with Gasteiger partial charge < -0.3 is 5.11 Å². The van der Waals surface area contributed by atoms with Gasteiger partial charge in [-0.25, -0.2) is 13.2 Å². The molecule has 0 aliphatic carbocycles. The van der Waals surface area contributed by atoms with Gasteiger partial charge in [0, 0.05) is 0 Å². The van der Waals surface area contributed by atoms with Crippen molar-refractivity contribution < 1.29 is 18.3 Å². The molecule has 3 heterocycles. The molecule has 1 N–H and O–H groups in total. The molecule has 3 rings (SSSR count). The molecule has 1 atom stereocenters. The average Bonchev–Trinajstić information content (AvgIpc) is 3.04. The first kappa shape index (κ1) is 13.3. The van der Waals surface area contributed by atoms with Gasteiger partial charge in [0.2, 0.25) is 0 Å². The topological polar surface area (TPSA) is 89.3 Å². The van der Waals surface area contributed by atoms with E-state index in [-0.39, 0.29) is 23.2 Å². The summed E-state index contributed by atoms with van der Waals surface area (Å²) in [6.45, 7) is 0. The molecule has 0 aromatic carbocycles. The van der Waals surface area contributed by atoms with Crippen molar-refractivity contribution in [2.24, 2.45) is 0 Å². The molecule has 0 radical (unpaired) electrons. The molecule has 106 valence electrons. The summed E-state index contributed by atoms with van der Waals surface area (Å²) in [5.41, 5.74) is 0.609. The van der Waals surface area contributed by atoms with Crippen LogP contribution in [0.4, 0.5) is 0 Å². The van der Waals surface area contributed by atoms with E-state index in [1.54, 1.807) is 4.68 Å².